The molecular weight excluding hydrogens is 315 g/mol. The molecule has 0 atom stereocenters. The van der Waals surface area contributed by atoms with E-state index in [1.54, 1.807) is 13.3 Å². The summed E-state index contributed by atoms with van der Waals surface area (Å²) in [6, 6.07) is 7.33. The Bertz CT molecular complexity index is 628. The predicted octanol–water partition coefficient (Wildman–Crippen LogP) is 5.97. The van der Waals surface area contributed by atoms with Gasteiger partial charge in [-0.1, -0.05) is 51.9 Å². The first-order valence-electron chi connectivity index (χ1n) is 9.40. The average molecular weight is 344 g/mol. The quantitative estimate of drug-likeness (QED) is 0.372. The lowest BCUT2D eigenvalue weighted by molar-refractivity contribution is 0.415. The minimum Gasteiger partial charge on any atom is -0.497 e. The maximum atomic E-state index is 14.2. The molecule has 0 radical (unpaired) electrons. The molecule has 0 fully saturated rings. The first kappa shape index (κ1) is 19.4. The largest absolute Gasteiger partial charge is 0.497 e. The normalized spacial score (nSPS) is 10.8. The number of aromatic nitrogens is 2. The van der Waals surface area contributed by atoms with Crippen LogP contribution in [0.15, 0.2) is 30.5 Å². The molecule has 3 nitrogen and oxygen atoms in total. The fourth-order valence-electron chi connectivity index (χ4n) is 2.88. The molecule has 25 heavy (non-hydrogen) atoms. The van der Waals surface area contributed by atoms with Crippen LogP contribution in [0.3, 0.4) is 0 Å². The zero-order valence-electron chi connectivity index (χ0n) is 15.4. The lowest BCUT2D eigenvalue weighted by Crippen LogP contribution is -1.99. The van der Waals surface area contributed by atoms with Gasteiger partial charge in [0.05, 0.1) is 7.11 Å². The number of methoxy groups -OCH3 is 1. The Morgan fingerprint density at radius 3 is 2.16 bits per heavy atom. The van der Waals surface area contributed by atoms with E-state index in [9.17, 15) is 4.39 Å². The van der Waals surface area contributed by atoms with Crippen molar-refractivity contribution in [2.45, 2.75) is 64.7 Å². The van der Waals surface area contributed by atoms with Crippen molar-refractivity contribution >= 4 is 0 Å². The first-order chi connectivity index (χ1) is 12.2. The van der Waals surface area contributed by atoms with E-state index >= 15 is 0 Å². The van der Waals surface area contributed by atoms with E-state index in [1.807, 2.05) is 24.3 Å². The second kappa shape index (κ2) is 10.8. The number of aryl methyl sites for hydroxylation is 1. The molecule has 0 aliphatic rings. The number of halogens is 1. The highest BCUT2D eigenvalue weighted by atomic mass is 19.1. The summed E-state index contributed by atoms with van der Waals surface area (Å²) < 4.78 is 19.3. The van der Waals surface area contributed by atoms with E-state index in [2.05, 4.69) is 16.9 Å². The van der Waals surface area contributed by atoms with Crippen LogP contribution in [0.25, 0.3) is 11.4 Å². The Hall–Kier alpha value is -1.97. The van der Waals surface area contributed by atoms with Gasteiger partial charge >= 0.3 is 0 Å². The van der Waals surface area contributed by atoms with Crippen LogP contribution in [0.5, 0.6) is 5.75 Å². The van der Waals surface area contributed by atoms with Crippen molar-refractivity contribution in [1.29, 1.82) is 0 Å². The molecule has 0 amide bonds. The molecule has 0 saturated carbocycles. The second-order valence-electron chi connectivity index (χ2n) is 6.46. The van der Waals surface area contributed by atoms with Crippen molar-refractivity contribution in [3.63, 3.8) is 0 Å². The lowest BCUT2D eigenvalue weighted by atomic mass is 10.1. The highest BCUT2D eigenvalue weighted by Gasteiger charge is 2.08. The van der Waals surface area contributed by atoms with Crippen molar-refractivity contribution in [3.05, 3.63) is 42.0 Å². The molecular formula is C21H29FN2O. The van der Waals surface area contributed by atoms with Gasteiger partial charge in [-0.15, -0.1) is 0 Å². The Balaban J connectivity index is 1.79. The summed E-state index contributed by atoms with van der Waals surface area (Å²) in [5.74, 6) is 0.777. The third-order valence-electron chi connectivity index (χ3n) is 4.46. The van der Waals surface area contributed by atoms with Gasteiger partial charge in [0.2, 0.25) is 5.95 Å². The first-order valence-corrected chi connectivity index (χ1v) is 9.40. The predicted molar refractivity (Wildman–Crippen MR) is 100 cm³/mol. The molecule has 2 aromatic rings. The molecule has 136 valence electrons. The molecule has 0 N–H and O–H groups in total. The molecule has 4 heteroatoms. The molecule has 0 saturated heterocycles. The third kappa shape index (κ3) is 6.45. The van der Waals surface area contributed by atoms with Crippen molar-refractivity contribution in [2.75, 3.05) is 7.11 Å². The number of unbranched alkanes of at least 4 members (excludes halogenated alkanes) is 7. The average Bonchev–Trinajstić information content (AvgIpc) is 2.65. The van der Waals surface area contributed by atoms with Gasteiger partial charge in [-0.25, -0.2) is 4.98 Å². The molecule has 0 bridgehead atoms. The lowest BCUT2D eigenvalue weighted by Gasteiger charge is -2.06. The summed E-state index contributed by atoms with van der Waals surface area (Å²) >= 11 is 0. The van der Waals surface area contributed by atoms with E-state index in [-0.39, 0.29) is 0 Å². The van der Waals surface area contributed by atoms with E-state index in [1.165, 1.54) is 38.5 Å². The van der Waals surface area contributed by atoms with Crippen molar-refractivity contribution in [2.24, 2.45) is 0 Å². The van der Waals surface area contributed by atoms with Crippen LogP contribution in [-0.4, -0.2) is 17.1 Å². The smallest absolute Gasteiger partial charge is 0.219 e. The summed E-state index contributed by atoms with van der Waals surface area (Å²) in [5.41, 5.74) is 1.40. The molecule has 0 aliphatic carbocycles. The molecule has 1 heterocycles. The van der Waals surface area contributed by atoms with Crippen molar-refractivity contribution in [3.8, 4) is 17.1 Å². The van der Waals surface area contributed by atoms with Crippen LogP contribution < -0.4 is 4.74 Å². The fourth-order valence-corrected chi connectivity index (χ4v) is 2.88. The van der Waals surface area contributed by atoms with Crippen molar-refractivity contribution < 1.29 is 9.13 Å². The van der Waals surface area contributed by atoms with Gasteiger partial charge in [0.1, 0.15) is 5.75 Å². The Kier molecular flexibility index (Phi) is 8.36. The number of benzene rings is 1. The van der Waals surface area contributed by atoms with E-state index in [0.717, 1.165) is 24.2 Å². The Labute approximate surface area is 150 Å². The van der Waals surface area contributed by atoms with E-state index < -0.39 is 5.95 Å². The topological polar surface area (TPSA) is 35.0 Å². The second-order valence-corrected chi connectivity index (χ2v) is 6.46. The summed E-state index contributed by atoms with van der Waals surface area (Å²) in [5, 5.41) is 0. The summed E-state index contributed by atoms with van der Waals surface area (Å²) in [6.07, 6.45) is 12.3. The van der Waals surface area contributed by atoms with Gasteiger partial charge in [0.25, 0.3) is 0 Å². The Morgan fingerprint density at radius 1 is 0.920 bits per heavy atom. The Morgan fingerprint density at radius 2 is 1.56 bits per heavy atom. The van der Waals surface area contributed by atoms with Gasteiger partial charge < -0.3 is 4.74 Å². The van der Waals surface area contributed by atoms with Gasteiger partial charge in [0.15, 0.2) is 5.82 Å². The van der Waals surface area contributed by atoms with Crippen LogP contribution >= 0.6 is 0 Å². The van der Waals surface area contributed by atoms with Gasteiger partial charge in [-0.3, -0.25) is 0 Å². The molecule has 0 spiro atoms. The van der Waals surface area contributed by atoms with Gasteiger partial charge in [-0.05, 0) is 37.1 Å². The van der Waals surface area contributed by atoms with Gasteiger partial charge in [0, 0.05) is 17.3 Å². The number of nitrogens with zero attached hydrogens (tertiary/aromatic N) is 2. The molecule has 2 rings (SSSR count). The molecule has 1 aromatic carbocycles. The number of ether oxygens (including phenoxy) is 1. The van der Waals surface area contributed by atoms with E-state index in [4.69, 9.17) is 4.74 Å². The monoisotopic (exact) mass is 344 g/mol. The summed E-state index contributed by atoms with van der Waals surface area (Å²) in [4.78, 5) is 8.35. The minimum atomic E-state index is -0.399. The van der Waals surface area contributed by atoms with Crippen LogP contribution in [-0.2, 0) is 6.42 Å². The van der Waals surface area contributed by atoms with Crippen LogP contribution in [0, 0.1) is 5.95 Å². The zero-order valence-corrected chi connectivity index (χ0v) is 15.4. The maximum Gasteiger partial charge on any atom is 0.219 e. The maximum absolute atomic E-state index is 14.2. The highest BCUT2D eigenvalue weighted by Crippen LogP contribution is 2.20. The van der Waals surface area contributed by atoms with E-state index in [0.29, 0.717) is 17.8 Å². The SMILES string of the molecule is CCCCCCCCCCc1cnc(-c2ccc(OC)cc2)nc1F. The zero-order chi connectivity index (χ0) is 17.9. The summed E-state index contributed by atoms with van der Waals surface area (Å²) in [6.45, 7) is 2.23. The molecule has 1 aromatic heterocycles. The summed E-state index contributed by atoms with van der Waals surface area (Å²) in [7, 11) is 1.62. The minimum absolute atomic E-state index is 0.399. The highest BCUT2D eigenvalue weighted by molar-refractivity contribution is 5.56. The number of rotatable bonds is 11. The fraction of sp³-hybridized carbons (Fsp3) is 0.524. The standard InChI is InChI=1S/C21H29FN2O/c1-3-4-5-6-7-8-9-10-11-18-16-23-21(24-20(18)22)17-12-14-19(25-2)15-13-17/h12-16H,3-11H2,1-2H3. The third-order valence-corrected chi connectivity index (χ3v) is 4.46. The van der Waals surface area contributed by atoms with Gasteiger partial charge in [-0.2, -0.15) is 9.37 Å². The van der Waals surface area contributed by atoms with Crippen LogP contribution in [0.1, 0.15) is 63.9 Å². The number of hydrogen-bond acceptors (Lipinski definition) is 3. The van der Waals surface area contributed by atoms with Crippen LogP contribution in [0.4, 0.5) is 4.39 Å². The molecule has 0 aliphatic heterocycles. The van der Waals surface area contributed by atoms with Crippen molar-refractivity contribution in [1.82, 2.24) is 9.97 Å². The molecule has 0 unspecified atom stereocenters. The number of hydrogen-bond donors (Lipinski definition) is 0. The van der Waals surface area contributed by atoms with Crippen LogP contribution in [0.2, 0.25) is 0 Å².